The smallest absolute Gasteiger partial charge is 0.258 e. The first-order valence-corrected chi connectivity index (χ1v) is 10.5. The number of aryl methyl sites for hydroxylation is 1. The Bertz CT molecular complexity index is 791. The minimum absolute atomic E-state index is 0.391. The molecule has 2 aromatic rings. The van der Waals surface area contributed by atoms with E-state index in [-0.39, 0.29) is 0 Å². The number of rotatable bonds is 5. The van der Waals surface area contributed by atoms with Crippen LogP contribution in [-0.4, -0.2) is 53.5 Å². The van der Waals surface area contributed by atoms with Crippen LogP contribution in [0.25, 0.3) is 10.2 Å². The fourth-order valence-corrected chi connectivity index (χ4v) is 5.13. The molecule has 1 amide bonds. The van der Waals surface area contributed by atoms with E-state index in [4.69, 9.17) is 10.7 Å². The molecule has 140 valence electrons. The van der Waals surface area contributed by atoms with Gasteiger partial charge in [0.15, 0.2) is 0 Å². The van der Waals surface area contributed by atoms with Crippen LogP contribution < -0.4 is 10.6 Å². The van der Waals surface area contributed by atoms with Crippen molar-refractivity contribution in [3.8, 4) is 0 Å². The Hall–Kier alpha value is -1.73. The predicted molar refractivity (Wildman–Crippen MR) is 106 cm³/mol. The van der Waals surface area contributed by atoms with E-state index in [0.29, 0.717) is 4.88 Å². The third-order valence-corrected chi connectivity index (χ3v) is 6.81. The quantitative estimate of drug-likeness (QED) is 0.872. The molecule has 0 aromatic carbocycles. The Balaban J connectivity index is 1.44. The second kappa shape index (κ2) is 7.48. The number of anilines is 1. The summed E-state index contributed by atoms with van der Waals surface area (Å²) in [5.74, 6) is 2.15. The van der Waals surface area contributed by atoms with Crippen molar-refractivity contribution in [2.45, 2.75) is 39.0 Å². The highest BCUT2D eigenvalue weighted by Gasteiger charge is 2.24. The number of hydrogen-bond acceptors (Lipinski definition) is 6. The maximum Gasteiger partial charge on any atom is 0.258 e. The first-order valence-electron chi connectivity index (χ1n) is 9.65. The molecule has 4 heterocycles. The van der Waals surface area contributed by atoms with Crippen LogP contribution in [0.3, 0.4) is 0 Å². The fourth-order valence-electron chi connectivity index (χ4n) is 4.17. The molecule has 0 atom stereocenters. The summed E-state index contributed by atoms with van der Waals surface area (Å²) in [7, 11) is 0. The first-order chi connectivity index (χ1) is 12.6. The number of nitrogens with two attached hydrogens (primary N) is 1. The largest absolute Gasteiger partial charge is 0.365 e. The monoisotopic (exact) mass is 373 g/mol. The van der Waals surface area contributed by atoms with Gasteiger partial charge in [0, 0.05) is 13.1 Å². The zero-order valence-electron chi connectivity index (χ0n) is 15.4. The molecule has 0 aliphatic carbocycles. The molecular weight excluding hydrogens is 346 g/mol. The van der Waals surface area contributed by atoms with Gasteiger partial charge in [0.2, 0.25) is 0 Å². The van der Waals surface area contributed by atoms with Gasteiger partial charge in [-0.15, -0.1) is 11.3 Å². The Morgan fingerprint density at radius 2 is 1.96 bits per heavy atom. The summed E-state index contributed by atoms with van der Waals surface area (Å²) in [5.41, 5.74) is 6.29. The van der Waals surface area contributed by atoms with Gasteiger partial charge < -0.3 is 15.5 Å². The third-order valence-electron chi connectivity index (χ3n) is 5.67. The zero-order chi connectivity index (χ0) is 18.1. The summed E-state index contributed by atoms with van der Waals surface area (Å²) in [6.07, 6.45) is 6.49. The van der Waals surface area contributed by atoms with E-state index in [1.807, 2.05) is 6.92 Å². The molecule has 2 saturated heterocycles. The molecule has 2 fully saturated rings. The molecule has 0 radical (unpaired) electrons. The Kier molecular flexibility index (Phi) is 5.09. The molecule has 2 aromatic heterocycles. The first kappa shape index (κ1) is 17.7. The minimum Gasteiger partial charge on any atom is -0.365 e. The van der Waals surface area contributed by atoms with Crippen molar-refractivity contribution in [2.75, 3.05) is 37.6 Å². The lowest BCUT2D eigenvalue weighted by atomic mass is 9.93. The molecule has 2 aliphatic heterocycles. The van der Waals surface area contributed by atoms with E-state index in [1.54, 1.807) is 6.07 Å². The number of carbonyl (C=O) groups excluding carboxylic acids is 1. The SMILES string of the molecule is Cc1nc(N2CCC(CCN3CCCC3)CC2)c2sc(C(N)=O)cc2n1. The number of carbonyl (C=O) groups is 1. The van der Waals surface area contributed by atoms with Crippen LogP contribution >= 0.6 is 11.3 Å². The van der Waals surface area contributed by atoms with E-state index < -0.39 is 5.91 Å². The lowest BCUT2D eigenvalue weighted by Gasteiger charge is -2.33. The molecule has 0 unspecified atom stereocenters. The van der Waals surface area contributed by atoms with Crippen molar-refractivity contribution in [3.05, 3.63) is 16.8 Å². The van der Waals surface area contributed by atoms with Gasteiger partial charge in [-0.1, -0.05) is 0 Å². The fraction of sp³-hybridized carbons (Fsp3) is 0.632. The number of piperidine rings is 1. The van der Waals surface area contributed by atoms with Crippen molar-refractivity contribution in [1.82, 2.24) is 14.9 Å². The molecule has 2 aliphatic rings. The van der Waals surface area contributed by atoms with Crippen molar-refractivity contribution < 1.29 is 4.79 Å². The van der Waals surface area contributed by atoms with Gasteiger partial charge in [-0.25, -0.2) is 9.97 Å². The maximum atomic E-state index is 11.5. The summed E-state index contributed by atoms with van der Waals surface area (Å²) < 4.78 is 0.986. The van der Waals surface area contributed by atoms with Gasteiger partial charge in [-0.05, 0) is 70.6 Å². The Labute approximate surface area is 158 Å². The van der Waals surface area contributed by atoms with Crippen LogP contribution in [0.15, 0.2) is 6.07 Å². The number of thiophene rings is 1. The van der Waals surface area contributed by atoms with Gasteiger partial charge in [0.1, 0.15) is 11.6 Å². The second-order valence-electron chi connectivity index (χ2n) is 7.55. The number of fused-ring (bicyclic) bond motifs is 1. The van der Waals surface area contributed by atoms with Crippen LogP contribution in [0.1, 0.15) is 47.6 Å². The lowest BCUT2D eigenvalue weighted by Crippen LogP contribution is -2.35. The number of nitrogens with zero attached hydrogens (tertiary/aromatic N) is 4. The van der Waals surface area contributed by atoms with Crippen molar-refractivity contribution in [3.63, 3.8) is 0 Å². The van der Waals surface area contributed by atoms with Gasteiger partial charge in [0.25, 0.3) is 5.91 Å². The zero-order valence-corrected chi connectivity index (χ0v) is 16.2. The molecule has 0 bridgehead atoms. The van der Waals surface area contributed by atoms with Crippen molar-refractivity contribution >= 4 is 33.3 Å². The van der Waals surface area contributed by atoms with Crippen LogP contribution in [0.4, 0.5) is 5.82 Å². The molecule has 4 rings (SSSR count). The normalized spacial score (nSPS) is 19.5. The van der Waals surface area contributed by atoms with Crippen LogP contribution in [-0.2, 0) is 0 Å². The van der Waals surface area contributed by atoms with Gasteiger partial charge >= 0.3 is 0 Å². The summed E-state index contributed by atoms with van der Waals surface area (Å²) in [5, 5.41) is 0. The predicted octanol–water partition coefficient (Wildman–Crippen LogP) is 2.80. The number of amides is 1. The molecule has 0 saturated carbocycles. The van der Waals surface area contributed by atoms with Crippen LogP contribution in [0, 0.1) is 12.8 Å². The van der Waals surface area contributed by atoms with Gasteiger partial charge in [0.05, 0.1) is 15.1 Å². The third kappa shape index (κ3) is 3.69. The summed E-state index contributed by atoms with van der Waals surface area (Å²) >= 11 is 1.41. The lowest BCUT2D eigenvalue weighted by molar-refractivity contribution is 0.100. The number of primary amides is 1. The molecular formula is C19H27N5OS. The summed E-state index contributed by atoms with van der Waals surface area (Å²) in [4.78, 5) is 26.2. The highest BCUT2D eigenvalue weighted by atomic mass is 32.1. The highest BCUT2D eigenvalue weighted by Crippen LogP contribution is 2.34. The molecule has 6 nitrogen and oxygen atoms in total. The summed E-state index contributed by atoms with van der Waals surface area (Å²) in [6, 6.07) is 1.79. The second-order valence-corrected chi connectivity index (χ2v) is 8.60. The number of likely N-dealkylation sites (tertiary alicyclic amines) is 1. The highest BCUT2D eigenvalue weighted by molar-refractivity contribution is 7.21. The Morgan fingerprint density at radius 3 is 2.65 bits per heavy atom. The van der Waals surface area contributed by atoms with E-state index in [2.05, 4.69) is 14.8 Å². The maximum absolute atomic E-state index is 11.5. The summed E-state index contributed by atoms with van der Waals surface area (Å²) in [6.45, 7) is 7.80. The molecule has 7 heteroatoms. The van der Waals surface area contributed by atoms with Gasteiger partial charge in [-0.2, -0.15) is 0 Å². The van der Waals surface area contributed by atoms with Gasteiger partial charge in [-0.3, -0.25) is 4.79 Å². The van der Waals surface area contributed by atoms with E-state index in [0.717, 1.165) is 40.9 Å². The average Bonchev–Trinajstić information content (AvgIpc) is 3.29. The van der Waals surface area contributed by atoms with Crippen LogP contribution in [0.2, 0.25) is 0 Å². The Morgan fingerprint density at radius 1 is 1.23 bits per heavy atom. The number of aromatic nitrogens is 2. The van der Waals surface area contributed by atoms with Crippen molar-refractivity contribution in [1.29, 1.82) is 0 Å². The molecule has 0 spiro atoms. The van der Waals surface area contributed by atoms with Crippen LogP contribution in [0.5, 0.6) is 0 Å². The van der Waals surface area contributed by atoms with Crippen molar-refractivity contribution in [2.24, 2.45) is 11.7 Å². The minimum atomic E-state index is -0.391. The molecule has 26 heavy (non-hydrogen) atoms. The topological polar surface area (TPSA) is 75.3 Å². The number of hydrogen-bond donors (Lipinski definition) is 1. The van der Waals surface area contributed by atoms with E-state index in [1.165, 1.54) is 63.1 Å². The molecule has 2 N–H and O–H groups in total. The van der Waals surface area contributed by atoms with E-state index in [9.17, 15) is 4.79 Å². The average molecular weight is 374 g/mol. The van der Waals surface area contributed by atoms with E-state index >= 15 is 0 Å². The standard InChI is InChI=1S/C19H27N5OS/c1-13-21-15-12-16(18(20)25)26-17(15)19(22-13)24-10-5-14(6-11-24)4-9-23-7-2-3-8-23/h12,14H,2-11H2,1H3,(H2,20,25).